The van der Waals surface area contributed by atoms with Crippen LogP contribution in [0.25, 0.3) is 0 Å². The summed E-state index contributed by atoms with van der Waals surface area (Å²) in [4.78, 5) is 12.5. The summed E-state index contributed by atoms with van der Waals surface area (Å²) >= 11 is 1.72. The molecule has 19 heavy (non-hydrogen) atoms. The number of carbonyl (C=O) groups excluding carboxylic acids is 1. The first-order chi connectivity index (χ1) is 9.08. The van der Waals surface area contributed by atoms with E-state index in [2.05, 4.69) is 19.1 Å². The SMILES string of the molecule is CC(=O)c1cc(SCc2ccccc2C)ccc1N. The first kappa shape index (κ1) is 13.7. The Bertz CT molecular complexity index is 607. The molecule has 2 aromatic carbocycles. The fourth-order valence-electron chi connectivity index (χ4n) is 1.86. The number of benzene rings is 2. The topological polar surface area (TPSA) is 43.1 Å². The third-order valence-electron chi connectivity index (χ3n) is 3.06. The van der Waals surface area contributed by atoms with E-state index < -0.39 is 0 Å². The van der Waals surface area contributed by atoms with Crippen LogP contribution in [0.4, 0.5) is 5.69 Å². The van der Waals surface area contributed by atoms with Crippen molar-refractivity contribution < 1.29 is 4.79 Å². The van der Waals surface area contributed by atoms with E-state index in [-0.39, 0.29) is 5.78 Å². The maximum atomic E-state index is 11.5. The van der Waals surface area contributed by atoms with Crippen LogP contribution in [0.3, 0.4) is 0 Å². The van der Waals surface area contributed by atoms with Crippen molar-refractivity contribution in [3.8, 4) is 0 Å². The molecule has 2 N–H and O–H groups in total. The van der Waals surface area contributed by atoms with E-state index in [1.807, 2.05) is 24.3 Å². The number of rotatable bonds is 4. The van der Waals surface area contributed by atoms with E-state index in [1.54, 1.807) is 24.8 Å². The molecule has 0 spiro atoms. The summed E-state index contributed by atoms with van der Waals surface area (Å²) in [6.07, 6.45) is 0. The minimum atomic E-state index is 0.0100. The van der Waals surface area contributed by atoms with E-state index >= 15 is 0 Å². The lowest BCUT2D eigenvalue weighted by atomic mass is 10.1. The summed E-state index contributed by atoms with van der Waals surface area (Å²) in [5.41, 5.74) is 9.55. The highest BCUT2D eigenvalue weighted by molar-refractivity contribution is 7.98. The van der Waals surface area contributed by atoms with Crippen molar-refractivity contribution in [1.82, 2.24) is 0 Å². The van der Waals surface area contributed by atoms with Gasteiger partial charge in [0.1, 0.15) is 0 Å². The zero-order chi connectivity index (χ0) is 13.8. The summed E-state index contributed by atoms with van der Waals surface area (Å²) in [5, 5.41) is 0. The van der Waals surface area contributed by atoms with Crippen LogP contribution in [0.1, 0.15) is 28.4 Å². The number of thioether (sulfide) groups is 1. The molecule has 0 aliphatic rings. The molecule has 0 amide bonds. The highest BCUT2D eigenvalue weighted by Crippen LogP contribution is 2.27. The molecule has 0 aliphatic heterocycles. The monoisotopic (exact) mass is 271 g/mol. The number of nitrogen functional groups attached to an aromatic ring is 1. The van der Waals surface area contributed by atoms with Crippen LogP contribution in [0, 0.1) is 6.92 Å². The predicted octanol–water partition coefficient (Wildman–Crippen LogP) is 4.07. The van der Waals surface area contributed by atoms with E-state index in [1.165, 1.54) is 11.1 Å². The van der Waals surface area contributed by atoms with Gasteiger partial charge in [-0.15, -0.1) is 11.8 Å². The summed E-state index contributed by atoms with van der Waals surface area (Å²) in [5.74, 6) is 0.907. The van der Waals surface area contributed by atoms with E-state index in [9.17, 15) is 4.79 Å². The number of aryl methyl sites for hydroxylation is 1. The average Bonchev–Trinajstić information content (AvgIpc) is 2.39. The van der Waals surface area contributed by atoms with Gasteiger partial charge in [0.15, 0.2) is 5.78 Å². The second-order valence-electron chi connectivity index (χ2n) is 4.52. The van der Waals surface area contributed by atoms with Crippen LogP contribution in [0.15, 0.2) is 47.4 Å². The first-order valence-corrected chi connectivity index (χ1v) is 7.14. The number of nitrogens with two attached hydrogens (primary N) is 1. The summed E-state index contributed by atoms with van der Waals surface area (Å²) in [6, 6.07) is 14.0. The molecule has 0 atom stereocenters. The standard InChI is InChI=1S/C16H17NOS/c1-11-5-3-4-6-13(11)10-19-14-7-8-16(17)15(9-14)12(2)18/h3-9H,10,17H2,1-2H3. The minimum Gasteiger partial charge on any atom is -0.398 e. The quantitative estimate of drug-likeness (QED) is 0.518. The molecule has 0 unspecified atom stereocenters. The van der Waals surface area contributed by atoms with Crippen LogP contribution in [0.2, 0.25) is 0 Å². The molecule has 0 bridgehead atoms. The molecular formula is C16H17NOS. The predicted molar refractivity (Wildman–Crippen MR) is 81.6 cm³/mol. The fraction of sp³-hybridized carbons (Fsp3) is 0.188. The van der Waals surface area contributed by atoms with E-state index in [0.717, 1.165) is 10.6 Å². The minimum absolute atomic E-state index is 0.0100. The van der Waals surface area contributed by atoms with Crippen LogP contribution in [0.5, 0.6) is 0 Å². The number of ketones is 1. The average molecular weight is 271 g/mol. The van der Waals surface area contributed by atoms with Gasteiger partial charge in [0.25, 0.3) is 0 Å². The van der Waals surface area contributed by atoms with Crippen molar-refractivity contribution in [3.05, 3.63) is 59.2 Å². The number of hydrogen-bond acceptors (Lipinski definition) is 3. The zero-order valence-corrected chi connectivity index (χ0v) is 12.0. The Morgan fingerprint density at radius 2 is 1.95 bits per heavy atom. The smallest absolute Gasteiger partial charge is 0.161 e. The van der Waals surface area contributed by atoms with Gasteiger partial charge in [-0.2, -0.15) is 0 Å². The molecule has 0 aromatic heterocycles. The first-order valence-electron chi connectivity index (χ1n) is 6.15. The Morgan fingerprint density at radius 3 is 2.63 bits per heavy atom. The number of anilines is 1. The molecular weight excluding hydrogens is 254 g/mol. The lowest BCUT2D eigenvalue weighted by molar-refractivity contribution is 0.101. The van der Waals surface area contributed by atoms with Crippen LogP contribution >= 0.6 is 11.8 Å². The molecule has 0 saturated carbocycles. The van der Waals surface area contributed by atoms with Gasteiger partial charge in [-0.25, -0.2) is 0 Å². The lowest BCUT2D eigenvalue weighted by Gasteiger charge is -2.08. The molecule has 0 fully saturated rings. The highest BCUT2D eigenvalue weighted by atomic mass is 32.2. The molecule has 0 aliphatic carbocycles. The fourth-order valence-corrected chi connectivity index (χ4v) is 2.87. The number of Topliss-reactive ketones (excluding diaryl/α,β-unsaturated/α-hetero) is 1. The van der Waals surface area contributed by atoms with Crippen LogP contribution in [-0.4, -0.2) is 5.78 Å². The molecule has 2 rings (SSSR count). The molecule has 3 heteroatoms. The Balaban J connectivity index is 2.14. The van der Waals surface area contributed by atoms with Crippen molar-refractivity contribution in [2.24, 2.45) is 0 Å². The van der Waals surface area contributed by atoms with Crippen molar-refractivity contribution in [1.29, 1.82) is 0 Å². The lowest BCUT2D eigenvalue weighted by Crippen LogP contribution is -1.99. The van der Waals surface area contributed by atoms with Gasteiger partial charge in [0, 0.05) is 21.9 Å². The summed E-state index contributed by atoms with van der Waals surface area (Å²) in [6.45, 7) is 3.65. The van der Waals surface area contributed by atoms with Gasteiger partial charge in [-0.3, -0.25) is 4.79 Å². The maximum Gasteiger partial charge on any atom is 0.161 e. The third kappa shape index (κ3) is 3.38. The van der Waals surface area contributed by atoms with Crippen molar-refractivity contribution in [2.45, 2.75) is 24.5 Å². The Kier molecular flexibility index (Phi) is 4.27. The molecule has 2 nitrogen and oxygen atoms in total. The normalized spacial score (nSPS) is 10.4. The molecule has 0 radical (unpaired) electrons. The molecule has 2 aromatic rings. The second kappa shape index (κ2) is 5.93. The highest BCUT2D eigenvalue weighted by Gasteiger charge is 2.06. The zero-order valence-electron chi connectivity index (χ0n) is 11.1. The van der Waals surface area contributed by atoms with Crippen molar-refractivity contribution in [2.75, 3.05) is 5.73 Å². The van der Waals surface area contributed by atoms with Crippen molar-refractivity contribution in [3.63, 3.8) is 0 Å². The van der Waals surface area contributed by atoms with Gasteiger partial charge in [-0.1, -0.05) is 24.3 Å². The Hall–Kier alpha value is -1.74. The number of hydrogen-bond donors (Lipinski definition) is 1. The van der Waals surface area contributed by atoms with Crippen LogP contribution < -0.4 is 5.73 Å². The van der Waals surface area contributed by atoms with Crippen molar-refractivity contribution >= 4 is 23.2 Å². The number of carbonyl (C=O) groups is 1. The summed E-state index contributed by atoms with van der Waals surface area (Å²) in [7, 11) is 0. The molecule has 98 valence electrons. The Morgan fingerprint density at radius 1 is 1.21 bits per heavy atom. The Labute approximate surface area is 118 Å². The van der Waals surface area contributed by atoms with Gasteiger partial charge >= 0.3 is 0 Å². The van der Waals surface area contributed by atoms with Crippen LogP contribution in [-0.2, 0) is 5.75 Å². The second-order valence-corrected chi connectivity index (χ2v) is 5.57. The van der Waals surface area contributed by atoms with E-state index in [0.29, 0.717) is 11.3 Å². The van der Waals surface area contributed by atoms with Gasteiger partial charge < -0.3 is 5.73 Å². The molecule has 0 heterocycles. The van der Waals surface area contributed by atoms with Gasteiger partial charge in [0.2, 0.25) is 0 Å². The largest absolute Gasteiger partial charge is 0.398 e. The van der Waals surface area contributed by atoms with Gasteiger partial charge in [-0.05, 0) is 43.2 Å². The van der Waals surface area contributed by atoms with Gasteiger partial charge in [0.05, 0.1) is 0 Å². The van der Waals surface area contributed by atoms with E-state index in [4.69, 9.17) is 5.73 Å². The summed E-state index contributed by atoms with van der Waals surface area (Å²) < 4.78 is 0. The maximum absolute atomic E-state index is 11.5. The third-order valence-corrected chi connectivity index (χ3v) is 4.10. The molecule has 0 saturated heterocycles.